The van der Waals surface area contributed by atoms with Crippen molar-refractivity contribution in [3.63, 3.8) is 0 Å². The molecule has 4 nitrogen and oxygen atoms in total. The zero-order chi connectivity index (χ0) is 15.7. The smallest absolute Gasteiger partial charge is 0.251 e. The maximum Gasteiger partial charge on any atom is 0.251 e. The molecule has 0 spiro atoms. The van der Waals surface area contributed by atoms with Gasteiger partial charge in [-0.25, -0.2) is 0 Å². The zero-order valence-corrected chi connectivity index (χ0v) is 13.8. The van der Waals surface area contributed by atoms with Crippen molar-refractivity contribution in [3.8, 4) is 0 Å². The number of fused-ring (bicyclic) bond motifs is 1. The molecule has 0 radical (unpaired) electrons. The molecule has 2 aliphatic rings. The van der Waals surface area contributed by atoms with Crippen molar-refractivity contribution in [1.82, 2.24) is 9.80 Å². The first-order valence-electron chi connectivity index (χ1n) is 8.17. The summed E-state index contributed by atoms with van der Waals surface area (Å²) in [6.45, 7) is 5.12. The molecule has 0 aliphatic carbocycles. The van der Waals surface area contributed by atoms with Crippen LogP contribution in [0.5, 0.6) is 0 Å². The van der Waals surface area contributed by atoms with Crippen molar-refractivity contribution >= 4 is 5.91 Å². The number of likely N-dealkylation sites (tertiary alicyclic amines) is 1. The van der Waals surface area contributed by atoms with Crippen LogP contribution in [0.25, 0.3) is 0 Å². The molecule has 0 bridgehead atoms. The lowest BCUT2D eigenvalue weighted by molar-refractivity contribution is -0.141. The molecular formula is C18H26N2O2. The van der Waals surface area contributed by atoms with Crippen molar-refractivity contribution in [1.29, 1.82) is 0 Å². The molecule has 2 saturated heterocycles. The first-order chi connectivity index (χ1) is 10.5. The van der Waals surface area contributed by atoms with Crippen molar-refractivity contribution in [2.45, 2.75) is 38.5 Å². The van der Waals surface area contributed by atoms with Crippen molar-refractivity contribution in [3.05, 3.63) is 35.4 Å². The molecule has 1 aromatic carbocycles. The largest absolute Gasteiger partial charge is 0.364 e. The SMILES string of the molecule is Cc1ccc(CN2CC[C@H]3C[C@H](C(=O)N(C)C)O[C@@H]3C2)cc1. The van der Waals surface area contributed by atoms with E-state index in [1.54, 1.807) is 19.0 Å². The maximum absolute atomic E-state index is 12.1. The summed E-state index contributed by atoms with van der Waals surface area (Å²) in [7, 11) is 3.61. The number of likely N-dealkylation sites (N-methyl/N-ethyl adjacent to an activating group) is 1. The Labute approximate surface area is 133 Å². The molecule has 1 amide bonds. The number of ether oxygens (including phenoxy) is 1. The zero-order valence-electron chi connectivity index (χ0n) is 13.8. The molecule has 22 heavy (non-hydrogen) atoms. The van der Waals surface area contributed by atoms with E-state index in [1.165, 1.54) is 11.1 Å². The van der Waals surface area contributed by atoms with Gasteiger partial charge < -0.3 is 9.64 Å². The van der Waals surface area contributed by atoms with Gasteiger partial charge in [0.1, 0.15) is 6.10 Å². The Kier molecular flexibility index (Phi) is 4.50. The fourth-order valence-electron chi connectivity index (χ4n) is 3.54. The van der Waals surface area contributed by atoms with Crippen LogP contribution in [0.3, 0.4) is 0 Å². The second-order valence-electron chi connectivity index (χ2n) is 6.90. The number of hydrogen-bond donors (Lipinski definition) is 0. The molecule has 0 saturated carbocycles. The van der Waals surface area contributed by atoms with Crippen LogP contribution < -0.4 is 0 Å². The number of benzene rings is 1. The molecule has 3 rings (SSSR count). The highest BCUT2D eigenvalue weighted by molar-refractivity contribution is 5.80. The Hall–Kier alpha value is -1.39. The van der Waals surface area contributed by atoms with Gasteiger partial charge in [0.2, 0.25) is 0 Å². The summed E-state index contributed by atoms with van der Waals surface area (Å²) in [6.07, 6.45) is 2.01. The molecule has 1 aromatic rings. The van der Waals surface area contributed by atoms with Gasteiger partial charge >= 0.3 is 0 Å². The third-order valence-corrected chi connectivity index (χ3v) is 4.88. The number of carbonyl (C=O) groups is 1. The molecule has 2 heterocycles. The van der Waals surface area contributed by atoms with E-state index < -0.39 is 0 Å². The first kappa shape index (κ1) is 15.5. The third kappa shape index (κ3) is 3.33. The second kappa shape index (κ2) is 6.39. The number of hydrogen-bond acceptors (Lipinski definition) is 3. The van der Waals surface area contributed by atoms with Crippen molar-refractivity contribution in [2.24, 2.45) is 5.92 Å². The minimum Gasteiger partial charge on any atom is -0.364 e. The fourth-order valence-corrected chi connectivity index (χ4v) is 3.54. The summed E-state index contributed by atoms with van der Waals surface area (Å²) < 4.78 is 6.04. The van der Waals surface area contributed by atoms with Crippen LogP contribution in [-0.2, 0) is 16.1 Å². The summed E-state index contributed by atoms with van der Waals surface area (Å²) >= 11 is 0. The Morgan fingerprint density at radius 3 is 2.73 bits per heavy atom. The minimum atomic E-state index is -0.232. The Bertz CT molecular complexity index is 526. The number of nitrogens with zero attached hydrogens (tertiary/aromatic N) is 2. The van der Waals surface area contributed by atoms with Crippen molar-refractivity contribution in [2.75, 3.05) is 27.2 Å². The molecule has 2 aliphatic heterocycles. The summed E-state index contributed by atoms with van der Waals surface area (Å²) in [6, 6.07) is 8.74. The highest BCUT2D eigenvalue weighted by atomic mass is 16.5. The minimum absolute atomic E-state index is 0.111. The summed E-state index contributed by atoms with van der Waals surface area (Å²) in [5.41, 5.74) is 2.65. The van der Waals surface area contributed by atoms with E-state index in [-0.39, 0.29) is 18.1 Å². The highest BCUT2D eigenvalue weighted by Crippen LogP contribution is 2.34. The number of amides is 1. The molecule has 0 N–H and O–H groups in total. The topological polar surface area (TPSA) is 32.8 Å². The van der Waals surface area contributed by atoms with Crippen LogP contribution in [0, 0.1) is 12.8 Å². The monoisotopic (exact) mass is 302 g/mol. The van der Waals surface area contributed by atoms with Gasteiger partial charge in [0.05, 0.1) is 6.10 Å². The molecular weight excluding hydrogens is 276 g/mol. The van der Waals surface area contributed by atoms with E-state index in [0.717, 1.165) is 32.5 Å². The van der Waals surface area contributed by atoms with Crippen LogP contribution in [0.1, 0.15) is 24.0 Å². The molecule has 4 heteroatoms. The fraction of sp³-hybridized carbons (Fsp3) is 0.611. The predicted molar refractivity (Wildman–Crippen MR) is 86.5 cm³/mol. The number of carbonyl (C=O) groups excluding carboxylic acids is 1. The molecule has 0 aromatic heterocycles. The average molecular weight is 302 g/mol. The highest BCUT2D eigenvalue weighted by Gasteiger charge is 2.42. The first-order valence-corrected chi connectivity index (χ1v) is 8.17. The molecule has 120 valence electrons. The van der Waals surface area contributed by atoms with E-state index in [4.69, 9.17) is 4.74 Å². The Balaban J connectivity index is 1.57. The third-order valence-electron chi connectivity index (χ3n) is 4.88. The van der Waals surface area contributed by atoms with E-state index in [2.05, 4.69) is 36.1 Å². The van der Waals surface area contributed by atoms with E-state index >= 15 is 0 Å². The van der Waals surface area contributed by atoms with Crippen LogP contribution in [-0.4, -0.2) is 55.1 Å². The van der Waals surface area contributed by atoms with Crippen LogP contribution in [0.15, 0.2) is 24.3 Å². The second-order valence-corrected chi connectivity index (χ2v) is 6.90. The quantitative estimate of drug-likeness (QED) is 0.857. The van der Waals surface area contributed by atoms with Gasteiger partial charge in [-0.2, -0.15) is 0 Å². The van der Waals surface area contributed by atoms with Gasteiger partial charge in [-0.3, -0.25) is 9.69 Å². The number of aryl methyl sites for hydroxylation is 1. The number of rotatable bonds is 3. The van der Waals surface area contributed by atoms with E-state index in [0.29, 0.717) is 5.92 Å². The van der Waals surface area contributed by atoms with E-state index in [1.807, 2.05) is 0 Å². The lowest BCUT2D eigenvalue weighted by atomic mass is 9.91. The summed E-state index contributed by atoms with van der Waals surface area (Å²) in [4.78, 5) is 16.2. The lowest BCUT2D eigenvalue weighted by Gasteiger charge is -2.34. The van der Waals surface area contributed by atoms with Gasteiger partial charge in [0.15, 0.2) is 0 Å². The van der Waals surface area contributed by atoms with Crippen LogP contribution in [0.4, 0.5) is 0 Å². The molecule has 2 fully saturated rings. The molecule has 0 unspecified atom stereocenters. The normalized spacial score (nSPS) is 28.4. The predicted octanol–water partition coefficient (Wildman–Crippen LogP) is 2.06. The Morgan fingerprint density at radius 1 is 1.32 bits per heavy atom. The Morgan fingerprint density at radius 2 is 2.05 bits per heavy atom. The van der Waals surface area contributed by atoms with Gasteiger partial charge in [-0.15, -0.1) is 0 Å². The van der Waals surface area contributed by atoms with Crippen LogP contribution in [0.2, 0.25) is 0 Å². The summed E-state index contributed by atoms with van der Waals surface area (Å²) in [5, 5.41) is 0. The van der Waals surface area contributed by atoms with Crippen LogP contribution >= 0.6 is 0 Å². The van der Waals surface area contributed by atoms with Crippen molar-refractivity contribution < 1.29 is 9.53 Å². The lowest BCUT2D eigenvalue weighted by Crippen LogP contribution is -2.42. The molecule has 3 atom stereocenters. The van der Waals surface area contributed by atoms with Gasteiger partial charge in [0.25, 0.3) is 5.91 Å². The van der Waals surface area contributed by atoms with Gasteiger partial charge in [0, 0.05) is 27.2 Å². The van der Waals surface area contributed by atoms with Gasteiger partial charge in [-0.05, 0) is 37.8 Å². The average Bonchev–Trinajstić information content (AvgIpc) is 2.91. The standard InChI is InChI=1S/C18H26N2O2/c1-13-4-6-14(7-5-13)11-20-9-8-15-10-16(18(21)19(2)3)22-17(15)12-20/h4-7,15-17H,8-12H2,1-3H3/t15-,16+,17+/m0/s1. The maximum atomic E-state index is 12.1. The number of piperidine rings is 1. The van der Waals surface area contributed by atoms with E-state index in [9.17, 15) is 4.79 Å². The van der Waals surface area contributed by atoms with Gasteiger partial charge in [-0.1, -0.05) is 29.8 Å². The summed E-state index contributed by atoms with van der Waals surface area (Å²) in [5.74, 6) is 0.655.